The Hall–Kier alpha value is -2.93. The van der Waals surface area contributed by atoms with Gasteiger partial charge in [0.25, 0.3) is 5.91 Å². The maximum Gasteiger partial charge on any atom is 0.325 e. The lowest BCUT2D eigenvalue weighted by Gasteiger charge is -2.24. The summed E-state index contributed by atoms with van der Waals surface area (Å²) < 4.78 is 14.0. The Bertz CT molecular complexity index is 1070. The van der Waals surface area contributed by atoms with Gasteiger partial charge >= 0.3 is 6.03 Å². The van der Waals surface area contributed by atoms with Gasteiger partial charge in [-0.15, -0.1) is 0 Å². The first kappa shape index (κ1) is 21.3. The second-order valence-electron chi connectivity index (χ2n) is 8.23. The van der Waals surface area contributed by atoms with E-state index in [1.54, 1.807) is 6.92 Å². The number of fused-ring (bicyclic) bond motifs is 1. The van der Waals surface area contributed by atoms with Crippen molar-refractivity contribution in [2.45, 2.75) is 38.3 Å². The molecule has 1 N–H and O–H groups in total. The molecule has 1 atom stereocenters. The number of nitrogens with zero attached hydrogens (tertiary/aromatic N) is 2. The van der Waals surface area contributed by atoms with Crippen LogP contribution in [0, 0.1) is 5.82 Å². The Morgan fingerprint density at radius 1 is 1.23 bits per heavy atom. The minimum absolute atomic E-state index is 0.0733. The molecule has 1 saturated heterocycles. The van der Waals surface area contributed by atoms with Crippen molar-refractivity contribution in [3.8, 4) is 0 Å². The van der Waals surface area contributed by atoms with E-state index in [4.69, 9.17) is 11.6 Å². The zero-order chi connectivity index (χ0) is 22.3. The maximum absolute atomic E-state index is 14.0. The van der Waals surface area contributed by atoms with E-state index in [9.17, 15) is 18.8 Å². The number of imide groups is 1. The standard InChI is InChI=1S/C23H23ClFN3O3/c1-23(16-10-9-14-5-3-6-15(14)11-16)21(30)28(22(31)26-23)13-20(29)27(2)12-17-18(24)7-4-8-19(17)25/h4,7-11H,3,5-6,12-13H2,1-2H3,(H,26,31). The average Bonchev–Trinajstić information content (AvgIpc) is 3.29. The zero-order valence-corrected chi connectivity index (χ0v) is 18.1. The van der Waals surface area contributed by atoms with E-state index in [0.717, 1.165) is 24.2 Å². The molecule has 2 aliphatic rings. The number of carbonyl (C=O) groups excluding carboxylic acids is 3. The van der Waals surface area contributed by atoms with Crippen LogP contribution in [-0.2, 0) is 34.5 Å². The van der Waals surface area contributed by atoms with Gasteiger partial charge in [-0.2, -0.15) is 0 Å². The van der Waals surface area contributed by atoms with Gasteiger partial charge in [0, 0.05) is 24.2 Å². The molecule has 0 radical (unpaired) electrons. The van der Waals surface area contributed by atoms with Crippen molar-refractivity contribution >= 4 is 29.4 Å². The molecule has 0 saturated carbocycles. The number of amides is 4. The highest BCUT2D eigenvalue weighted by Crippen LogP contribution is 2.32. The van der Waals surface area contributed by atoms with Crippen LogP contribution in [0.5, 0.6) is 0 Å². The Labute approximate surface area is 185 Å². The summed E-state index contributed by atoms with van der Waals surface area (Å²) in [4.78, 5) is 40.6. The van der Waals surface area contributed by atoms with Crippen LogP contribution in [-0.4, -0.2) is 41.2 Å². The van der Waals surface area contributed by atoms with Crippen LogP contribution in [0.1, 0.15) is 35.6 Å². The second kappa shape index (κ2) is 7.96. The van der Waals surface area contributed by atoms with Crippen molar-refractivity contribution in [3.05, 3.63) is 69.5 Å². The largest absolute Gasteiger partial charge is 0.340 e. The van der Waals surface area contributed by atoms with Crippen LogP contribution in [0.15, 0.2) is 36.4 Å². The molecule has 1 aliphatic carbocycles. The number of rotatable bonds is 5. The predicted molar refractivity (Wildman–Crippen MR) is 114 cm³/mol. The minimum Gasteiger partial charge on any atom is -0.340 e. The Morgan fingerprint density at radius 3 is 2.71 bits per heavy atom. The number of halogens is 2. The van der Waals surface area contributed by atoms with Crippen LogP contribution in [0.3, 0.4) is 0 Å². The zero-order valence-electron chi connectivity index (χ0n) is 17.4. The molecule has 2 aromatic carbocycles. The summed E-state index contributed by atoms with van der Waals surface area (Å²) in [6.45, 7) is 1.14. The van der Waals surface area contributed by atoms with E-state index in [1.165, 1.54) is 41.3 Å². The molecule has 0 spiro atoms. The van der Waals surface area contributed by atoms with E-state index in [0.29, 0.717) is 5.56 Å². The van der Waals surface area contributed by atoms with E-state index >= 15 is 0 Å². The van der Waals surface area contributed by atoms with Crippen molar-refractivity contribution in [2.24, 2.45) is 0 Å². The van der Waals surface area contributed by atoms with Crippen LogP contribution < -0.4 is 5.32 Å². The normalized spacial score (nSPS) is 20.1. The fourth-order valence-corrected chi connectivity index (χ4v) is 4.41. The van der Waals surface area contributed by atoms with Gasteiger partial charge in [-0.1, -0.05) is 35.9 Å². The monoisotopic (exact) mass is 443 g/mol. The Morgan fingerprint density at radius 2 is 1.97 bits per heavy atom. The van der Waals surface area contributed by atoms with Gasteiger partial charge in [0.05, 0.1) is 0 Å². The first-order chi connectivity index (χ1) is 14.7. The van der Waals surface area contributed by atoms with Gasteiger partial charge < -0.3 is 10.2 Å². The number of aryl methyl sites for hydroxylation is 2. The van der Waals surface area contributed by atoms with Gasteiger partial charge in [0.1, 0.15) is 17.9 Å². The van der Waals surface area contributed by atoms with Crippen molar-refractivity contribution in [2.75, 3.05) is 13.6 Å². The predicted octanol–water partition coefficient (Wildman–Crippen LogP) is 3.39. The first-order valence-electron chi connectivity index (χ1n) is 10.1. The van der Waals surface area contributed by atoms with Crippen molar-refractivity contribution < 1.29 is 18.8 Å². The molecule has 162 valence electrons. The number of carbonyl (C=O) groups is 3. The van der Waals surface area contributed by atoms with Gasteiger partial charge in [0.15, 0.2) is 0 Å². The van der Waals surface area contributed by atoms with Crippen LogP contribution in [0.25, 0.3) is 0 Å². The first-order valence-corrected chi connectivity index (χ1v) is 10.5. The number of hydrogen-bond donors (Lipinski definition) is 1. The molecule has 1 heterocycles. The molecule has 1 aliphatic heterocycles. The lowest BCUT2D eigenvalue weighted by atomic mass is 9.89. The molecule has 1 unspecified atom stereocenters. The summed E-state index contributed by atoms with van der Waals surface area (Å²) in [5, 5.41) is 2.94. The van der Waals surface area contributed by atoms with Gasteiger partial charge in [0.2, 0.25) is 5.91 Å². The molecule has 4 amide bonds. The summed E-state index contributed by atoms with van der Waals surface area (Å²) in [6.07, 6.45) is 3.05. The highest BCUT2D eigenvalue weighted by Gasteiger charge is 2.49. The molecule has 4 rings (SSSR count). The molecule has 2 aromatic rings. The van der Waals surface area contributed by atoms with Gasteiger partial charge in [-0.05, 0) is 55.0 Å². The lowest BCUT2D eigenvalue weighted by Crippen LogP contribution is -2.43. The number of likely N-dealkylation sites (N-methyl/N-ethyl adjacent to an activating group) is 1. The molecule has 6 nitrogen and oxygen atoms in total. The van der Waals surface area contributed by atoms with E-state index < -0.39 is 35.7 Å². The topological polar surface area (TPSA) is 69.7 Å². The van der Waals surface area contributed by atoms with Gasteiger partial charge in [-0.25, -0.2) is 9.18 Å². The van der Waals surface area contributed by atoms with Crippen molar-refractivity contribution in [1.82, 2.24) is 15.1 Å². The highest BCUT2D eigenvalue weighted by molar-refractivity contribution is 6.31. The third-order valence-corrected chi connectivity index (χ3v) is 6.48. The molecule has 31 heavy (non-hydrogen) atoms. The third-order valence-electron chi connectivity index (χ3n) is 6.13. The third kappa shape index (κ3) is 3.78. The molecule has 8 heteroatoms. The smallest absolute Gasteiger partial charge is 0.325 e. The van der Waals surface area contributed by atoms with Crippen LogP contribution >= 0.6 is 11.6 Å². The SMILES string of the molecule is CN(Cc1c(F)cccc1Cl)C(=O)CN1C(=O)NC(C)(c2ccc3c(c2)CCC3)C1=O. The van der Waals surface area contributed by atoms with Crippen molar-refractivity contribution in [3.63, 3.8) is 0 Å². The molecular formula is C23H23ClFN3O3. The fraction of sp³-hybridized carbons (Fsp3) is 0.348. The van der Waals surface area contributed by atoms with Gasteiger partial charge in [-0.3, -0.25) is 14.5 Å². The highest BCUT2D eigenvalue weighted by atomic mass is 35.5. The summed E-state index contributed by atoms with van der Waals surface area (Å²) in [5.74, 6) is -1.51. The fourth-order valence-electron chi connectivity index (χ4n) is 4.18. The minimum atomic E-state index is -1.23. The molecule has 0 aromatic heterocycles. The van der Waals surface area contributed by atoms with E-state index in [2.05, 4.69) is 5.32 Å². The summed E-state index contributed by atoms with van der Waals surface area (Å²) in [7, 11) is 1.48. The summed E-state index contributed by atoms with van der Waals surface area (Å²) in [6, 6.07) is 9.49. The number of benzene rings is 2. The summed E-state index contributed by atoms with van der Waals surface area (Å²) >= 11 is 6.03. The van der Waals surface area contributed by atoms with Crippen LogP contribution in [0.4, 0.5) is 9.18 Å². The second-order valence-corrected chi connectivity index (χ2v) is 8.64. The van der Waals surface area contributed by atoms with E-state index in [1.807, 2.05) is 18.2 Å². The molecule has 0 bridgehead atoms. The Balaban J connectivity index is 1.49. The maximum atomic E-state index is 14.0. The molecular weight excluding hydrogens is 421 g/mol. The lowest BCUT2D eigenvalue weighted by molar-refractivity contribution is -0.138. The quantitative estimate of drug-likeness (QED) is 0.720. The number of urea groups is 1. The van der Waals surface area contributed by atoms with E-state index in [-0.39, 0.29) is 17.1 Å². The van der Waals surface area contributed by atoms with Crippen LogP contribution in [0.2, 0.25) is 5.02 Å². The van der Waals surface area contributed by atoms with Crippen molar-refractivity contribution in [1.29, 1.82) is 0 Å². The Kier molecular flexibility index (Phi) is 5.47. The number of hydrogen-bond acceptors (Lipinski definition) is 3. The summed E-state index contributed by atoms with van der Waals surface area (Å²) in [5.41, 5.74) is 2.11. The molecule has 1 fully saturated rings. The number of nitrogens with one attached hydrogen (secondary N) is 1. The average molecular weight is 444 g/mol.